The summed E-state index contributed by atoms with van der Waals surface area (Å²) in [5, 5.41) is 4.18. The van der Waals surface area contributed by atoms with Crippen molar-refractivity contribution in [1.82, 2.24) is 10.3 Å². The van der Waals surface area contributed by atoms with Crippen LogP contribution in [0.1, 0.15) is 34.7 Å². The van der Waals surface area contributed by atoms with E-state index in [-0.39, 0.29) is 11.9 Å². The monoisotopic (exact) mass is 368 g/mol. The largest absolute Gasteiger partial charge is 0.345 e. The lowest BCUT2D eigenvalue weighted by molar-refractivity contribution is -0.885. The van der Waals surface area contributed by atoms with Gasteiger partial charge in [0.05, 0.1) is 23.3 Å². The van der Waals surface area contributed by atoms with Gasteiger partial charge in [0.15, 0.2) is 6.54 Å². The van der Waals surface area contributed by atoms with Crippen LogP contribution < -0.4 is 10.2 Å². The van der Waals surface area contributed by atoms with E-state index in [4.69, 9.17) is 0 Å². The number of carbonyl (C=O) groups excluding carboxylic acids is 1. The minimum atomic E-state index is 0.0112. The van der Waals surface area contributed by atoms with Crippen LogP contribution in [0.4, 0.5) is 0 Å². The van der Waals surface area contributed by atoms with Crippen molar-refractivity contribution in [1.29, 1.82) is 0 Å². The first-order chi connectivity index (χ1) is 12.4. The second-order valence-electron chi connectivity index (χ2n) is 7.02. The molecule has 1 aromatic heterocycles. The summed E-state index contributed by atoms with van der Waals surface area (Å²) < 4.78 is 1.20. The Balaban J connectivity index is 1.55. The first-order valence-corrected chi connectivity index (χ1v) is 9.76. The Morgan fingerprint density at radius 2 is 1.96 bits per heavy atom. The molecule has 136 valence electrons. The Labute approximate surface area is 158 Å². The number of nitrogens with one attached hydrogen (secondary N) is 2. The molecule has 2 N–H and O–H groups in total. The molecule has 0 aliphatic rings. The molecule has 0 bridgehead atoms. The molecule has 0 aliphatic heterocycles. The lowest BCUT2D eigenvalue weighted by atomic mass is 10.0. The number of nitrogens with zero attached hydrogens (tertiary/aromatic N) is 1. The predicted octanol–water partition coefficient (Wildman–Crippen LogP) is 2.81. The zero-order valence-electron chi connectivity index (χ0n) is 15.8. The molecule has 26 heavy (non-hydrogen) atoms. The van der Waals surface area contributed by atoms with Crippen molar-refractivity contribution in [3.8, 4) is 0 Å². The number of hydrogen-bond donors (Lipinski definition) is 2. The number of likely N-dealkylation sites (N-methyl/N-ethyl adjacent to an activating group) is 1. The minimum Gasteiger partial charge on any atom is -0.345 e. The minimum absolute atomic E-state index is 0.0112. The van der Waals surface area contributed by atoms with Gasteiger partial charge >= 0.3 is 0 Å². The Morgan fingerprint density at radius 3 is 2.69 bits per heavy atom. The maximum atomic E-state index is 12.4. The second kappa shape index (κ2) is 7.98. The van der Waals surface area contributed by atoms with Gasteiger partial charge in [-0.05, 0) is 49.6 Å². The number of carbonyl (C=O) groups is 1. The number of fused-ring (bicyclic) bond motifs is 1. The van der Waals surface area contributed by atoms with Crippen LogP contribution in [0.5, 0.6) is 0 Å². The molecule has 3 rings (SSSR count). The zero-order chi connectivity index (χ0) is 18.7. The van der Waals surface area contributed by atoms with Crippen LogP contribution in [0, 0.1) is 13.8 Å². The molecule has 0 saturated heterocycles. The van der Waals surface area contributed by atoms with E-state index in [1.807, 2.05) is 32.2 Å². The van der Waals surface area contributed by atoms with E-state index >= 15 is 0 Å². The van der Waals surface area contributed by atoms with Crippen LogP contribution in [0.15, 0.2) is 42.5 Å². The van der Waals surface area contributed by atoms with E-state index < -0.39 is 0 Å². The van der Waals surface area contributed by atoms with Crippen molar-refractivity contribution >= 4 is 27.5 Å². The van der Waals surface area contributed by atoms with E-state index in [0.717, 1.165) is 27.5 Å². The quantitative estimate of drug-likeness (QED) is 0.703. The number of rotatable bonds is 6. The lowest BCUT2D eigenvalue weighted by Gasteiger charge is -2.17. The standard InChI is InChI=1S/C21H25N3OS/c1-14-9-10-17(11-15(14)2)16(3)22-20(25)12-24(4)13-21-23-18-7-5-6-8-19(18)26-21/h5-11,16H,12-13H2,1-4H3,(H,22,25)/p+1/t16-/m0/s1. The van der Waals surface area contributed by atoms with E-state index in [2.05, 4.69) is 48.4 Å². The highest BCUT2D eigenvalue weighted by atomic mass is 32.1. The van der Waals surface area contributed by atoms with Crippen molar-refractivity contribution in [3.63, 3.8) is 0 Å². The van der Waals surface area contributed by atoms with Crippen LogP contribution >= 0.6 is 11.3 Å². The summed E-state index contributed by atoms with van der Waals surface area (Å²) in [5.74, 6) is 0.0642. The summed E-state index contributed by atoms with van der Waals surface area (Å²) >= 11 is 1.70. The number of quaternary nitrogens is 1. The van der Waals surface area contributed by atoms with Crippen molar-refractivity contribution in [3.05, 3.63) is 64.2 Å². The Hall–Kier alpha value is -2.24. The maximum absolute atomic E-state index is 12.4. The van der Waals surface area contributed by atoms with Gasteiger partial charge in [0.1, 0.15) is 11.6 Å². The van der Waals surface area contributed by atoms with Gasteiger partial charge < -0.3 is 10.2 Å². The molecule has 1 heterocycles. The van der Waals surface area contributed by atoms with E-state index in [0.29, 0.717) is 6.54 Å². The van der Waals surface area contributed by atoms with Crippen molar-refractivity contribution < 1.29 is 9.69 Å². The van der Waals surface area contributed by atoms with Crippen molar-refractivity contribution in [2.24, 2.45) is 0 Å². The van der Waals surface area contributed by atoms with Crippen LogP contribution in [-0.2, 0) is 11.3 Å². The third-order valence-corrected chi connectivity index (χ3v) is 5.70. The SMILES string of the molecule is Cc1ccc([C@H](C)NC(=O)C[NH+](C)Cc2nc3ccccc3s2)cc1C. The number of benzene rings is 2. The van der Waals surface area contributed by atoms with Gasteiger partial charge in [0, 0.05) is 0 Å². The molecular weight excluding hydrogens is 342 g/mol. The molecular formula is C21H26N3OS+. The molecule has 2 atom stereocenters. The first kappa shape index (κ1) is 18.5. The molecule has 0 saturated carbocycles. The van der Waals surface area contributed by atoms with Crippen molar-refractivity contribution in [2.45, 2.75) is 33.4 Å². The average Bonchev–Trinajstić information content (AvgIpc) is 2.98. The van der Waals surface area contributed by atoms with Gasteiger partial charge in [-0.15, -0.1) is 11.3 Å². The topological polar surface area (TPSA) is 46.4 Å². The molecule has 2 aromatic carbocycles. The van der Waals surface area contributed by atoms with Crippen LogP contribution in [0.3, 0.4) is 0 Å². The zero-order valence-corrected chi connectivity index (χ0v) is 16.6. The highest BCUT2D eigenvalue weighted by molar-refractivity contribution is 7.18. The molecule has 1 unspecified atom stereocenters. The van der Waals surface area contributed by atoms with Gasteiger partial charge in [0.2, 0.25) is 0 Å². The predicted molar refractivity (Wildman–Crippen MR) is 108 cm³/mol. The summed E-state index contributed by atoms with van der Waals surface area (Å²) in [5.41, 5.74) is 4.70. The van der Waals surface area contributed by atoms with Gasteiger partial charge in [-0.2, -0.15) is 0 Å². The Bertz CT molecular complexity index is 886. The summed E-state index contributed by atoms with van der Waals surface area (Å²) in [6.07, 6.45) is 0. The molecule has 0 spiro atoms. The summed E-state index contributed by atoms with van der Waals surface area (Å²) in [6.45, 7) is 7.42. The molecule has 1 amide bonds. The number of aryl methyl sites for hydroxylation is 2. The van der Waals surface area contributed by atoms with Gasteiger partial charge in [-0.1, -0.05) is 30.3 Å². The molecule has 5 heteroatoms. The van der Waals surface area contributed by atoms with Crippen molar-refractivity contribution in [2.75, 3.05) is 13.6 Å². The fourth-order valence-electron chi connectivity index (χ4n) is 3.00. The Morgan fingerprint density at radius 1 is 1.19 bits per heavy atom. The van der Waals surface area contributed by atoms with Crippen LogP contribution in [0.25, 0.3) is 10.2 Å². The van der Waals surface area contributed by atoms with Crippen LogP contribution in [0.2, 0.25) is 0 Å². The fraction of sp³-hybridized carbons (Fsp3) is 0.333. The number of amides is 1. The number of aromatic nitrogens is 1. The van der Waals surface area contributed by atoms with E-state index in [9.17, 15) is 4.79 Å². The fourth-order valence-corrected chi connectivity index (χ4v) is 4.08. The third-order valence-electron chi connectivity index (χ3n) is 4.66. The summed E-state index contributed by atoms with van der Waals surface area (Å²) in [7, 11) is 2.03. The van der Waals surface area contributed by atoms with Gasteiger partial charge in [0.25, 0.3) is 5.91 Å². The number of hydrogen-bond acceptors (Lipinski definition) is 3. The molecule has 0 radical (unpaired) electrons. The van der Waals surface area contributed by atoms with E-state index in [1.165, 1.54) is 15.8 Å². The smallest absolute Gasteiger partial charge is 0.275 e. The second-order valence-corrected chi connectivity index (χ2v) is 8.13. The lowest BCUT2D eigenvalue weighted by Crippen LogP contribution is -3.08. The average molecular weight is 369 g/mol. The normalized spacial score (nSPS) is 13.5. The highest BCUT2D eigenvalue weighted by Crippen LogP contribution is 2.20. The molecule has 0 aliphatic carbocycles. The third kappa shape index (κ3) is 4.48. The first-order valence-electron chi connectivity index (χ1n) is 8.94. The highest BCUT2D eigenvalue weighted by Gasteiger charge is 2.16. The van der Waals surface area contributed by atoms with Gasteiger partial charge in [-0.25, -0.2) is 4.98 Å². The maximum Gasteiger partial charge on any atom is 0.275 e. The van der Waals surface area contributed by atoms with Gasteiger partial charge in [-0.3, -0.25) is 4.79 Å². The summed E-state index contributed by atoms with van der Waals surface area (Å²) in [6, 6.07) is 14.5. The van der Waals surface area contributed by atoms with E-state index in [1.54, 1.807) is 11.3 Å². The Kier molecular flexibility index (Phi) is 5.69. The summed E-state index contributed by atoms with van der Waals surface area (Å²) in [4.78, 5) is 18.2. The molecule has 3 aromatic rings. The number of thiazole rings is 1. The molecule has 0 fully saturated rings. The number of para-hydroxylation sites is 1. The van der Waals surface area contributed by atoms with Crippen LogP contribution in [-0.4, -0.2) is 24.5 Å². The molecule has 4 nitrogen and oxygen atoms in total.